The monoisotopic (exact) mass is 291 g/mol. The SMILES string of the molecule is N=C(c1ccccc1)c1c(O)cc(-c2ccccc2)oc1=O. The van der Waals surface area contributed by atoms with Crippen LogP contribution in [0.4, 0.5) is 0 Å². The molecule has 2 aromatic carbocycles. The number of hydrogen-bond acceptors (Lipinski definition) is 4. The van der Waals surface area contributed by atoms with Gasteiger partial charge in [-0.15, -0.1) is 0 Å². The lowest BCUT2D eigenvalue weighted by atomic mass is 10.0. The summed E-state index contributed by atoms with van der Waals surface area (Å²) in [6.07, 6.45) is 0. The molecule has 3 rings (SSSR count). The Bertz CT molecular complexity index is 868. The maximum atomic E-state index is 12.2. The van der Waals surface area contributed by atoms with E-state index >= 15 is 0 Å². The van der Waals surface area contributed by atoms with E-state index in [1.807, 2.05) is 24.3 Å². The molecule has 0 aliphatic carbocycles. The van der Waals surface area contributed by atoms with Crippen molar-refractivity contribution in [1.82, 2.24) is 0 Å². The summed E-state index contributed by atoms with van der Waals surface area (Å²) in [6, 6.07) is 19.1. The van der Waals surface area contributed by atoms with Crippen molar-refractivity contribution in [2.24, 2.45) is 0 Å². The van der Waals surface area contributed by atoms with Crippen LogP contribution >= 0.6 is 0 Å². The molecule has 0 saturated carbocycles. The Morgan fingerprint density at radius 2 is 1.55 bits per heavy atom. The third kappa shape index (κ3) is 2.54. The summed E-state index contributed by atoms with van der Waals surface area (Å²) < 4.78 is 5.26. The van der Waals surface area contributed by atoms with E-state index in [0.29, 0.717) is 11.1 Å². The molecule has 0 saturated heterocycles. The first-order valence-corrected chi connectivity index (χ1v) is 6.73. The molecule has 0 radical (unpaired) electrons. The normalized spacial score (nSPS) is 10.4. The quantitative estimate of drug-likeness (QED) is 0.726. The van der Waals surface area contributed by atoms with E-state index in [0.717, 1.165) is 0 Å². The fourth-order valence-corrected chi connectivity index (χ4v) is 2.21. The molecule has 0 bridgehead atoms. The number of rotatable bonds is 3. The highest BCUT2D eigenvalue weighted by atomic mass is 16.4. The van der Waals surface area contributed by atoms with E-state index in [2.05, 4.69) is 0 Å². The molecule has 1 aromatic heterocycles. The van der Waals surface area contributed by atoms with Gasteiger partial charge in [-0.1, -0.05) is 60.7 Å². The van der Waals surface area contributed by atoms with Gasteiger partial charge in [0.2, 0.25) is 0 Å². The predicted octanol–water partition coefficient (Wildman–Crippen LogP) is 3.43. The third-order valence-electron chi connectivity index (χ3n) is 3.30. The van der Waals surface area contributed by atoms with Gasteiger partial charge in [-0.25, -0.2) is 4.79 Å². The van der Waals surface area contributed by atoms with Gasteiger partial charge in [-0.2, -0.15) is 0 Å². The average molecular weight is 291 g/mol. The first-order chi connectivity index (χ1) is 10.7. The molecule has 4 heteroatoms. The van der Waals surface area contributed by atoms with Crippen LogP contribution in [0.1, 0.15) is 11.1 Å². The van der Waals surface area contributed by atoms with Gasteiger partial charge in [0.1, 0.15) is 17.1 Å². The van der Waals surface area contributed by atoms with Crippen molar-refractivity contribution in [3.05, 3.63) is 88.3 Å². The Kier molecular flexibility index (Phi) is 3.58. The summed E-state index contributed by atoms with van der Waals surface area (Å²) in [5, 5.41) is 18.3. The van der Waals surface area contributed by atoms with Gasteiger partial charge in [0.25, 0.3) is 0 Å². The van der Waals surface area contributed by atoms with Gasteiger partial charge in [0.05, 0.1) is 5.71 Å². The Labute approximate surface area is 126 Å². The van der Waals surface area contributed by atoms with E-state index in [1.54, 1.807) is 36.4 Å². The van der Waals surface area contributed by atoms with Crippen LogP contribution < -0.4 is 5.63 Å². The summed E-state index contributed by atoms with van der Waals surface area (Å²) in [6.45, 7) is 0. The number of nitrogens with one attached hydrogen (secondary N) is 1. The fraction of sp³-hybridized carbons (Fsp3) is 0. The second-order valence-corrected chi connectivity index (χ2v) is 4.77. The average Bonchev–Trinajstić information content (AvgIpc) is 2.55. The van der Waals surface area contributed by atoms with Crippen molar-refractivity contribution >= 4 is 5.71 Å². The molecule has 0 unspecified atom stereocenters. The van der Waals surface area contributed by atoms with E-state index in [1.165, 1.54) is 6.07 Å². The van der Waals surface area contributed by atoms with E-state index in [-0.39, 0.29) is 22.8 Å². The molecule has 108 valence electrons. The Morgan fingerprint density at radius 1 is 0.955 bits per heavy atom. The second-order valence-electron chi connectivity index (χ2n) is 4.77. The van der Waals surface area contributed by atoms with Crippen molar-refractivity contribution in [3.8, 4) is 17.1 Å². The van der Waals surface area contributed by atoms with Crippen molar-refractivity contribution in [3.63, 3.8) is 0 Å². The third-order valence-corrected chi connectivity index (χ3v) is 3.30. The molecule has 3 aromatic rings. The van der Waals surface area contributed by atoms with Crippen LogP contribution in [0.2, 0.25) is 0 Å². The molecular formula is C18H13NO3. The van der Waals surface area contributed by atoms with Crippen molar-refractivity contribution < 1.29 is 9.52 Å². The summed E-state index contributed by atoms with van der Waals surface area (Å²) in [4.78, 5) is 12.2. The van der Waals surface area contributed by atoms with Gasteiger partial charge < -0.3 is 9.52 Å². The van der Waals surface area contributed by atoms with Gasteiger partial charge in [0.15, 0.2) is 0 Å². The van der Waals surface area contributed by atoms with Crippen LogP contribution in [0, 0.1) is 5.41 Å². The minimum Gasteiger partial charge on any atom is -0.507 e. The topological polar surface area (TPSA) is 74.3 Å². The molecule has 22 heavy (non-hydrogen) atoms. The Hall–Kier alpha value is -3.14. The molecule has 0 fully saturated rings. The maximum Gasteiger partial charge on any atom is 0.349 e. The van der Waals surface area contributed by atoms with Gasteiger partial charge in [-0.05, 0) is 0 Å². The number of hydrogen-bond donors (Lipinski definition) is 2. The molecular weight excluding hydrogens is 278 g/mol. The molecule has 2 N–H and O–H groups in total. The van der Waals surface area contributed by atoms with Crippen LogP contribution in [-0.2, 0) is 0 Å². The van der Waals surface area contributed by atoms with Crippen LogP contribution in [0.3, 0.4) is 0 Å². The van der Waals surface area contributed by atoms with E-state index < -0.39 is 5.63 Å². The van der Waals surface area contributed by atoms with Gasteiger partial charge >= 0.3 is 5.63 Å². The lowest BCUT2D eigenvalue weighted by Crippen LogP contribution is -2.15. The van der Waals surface area contributed by atoms with E-state index in [9.17, 15) is 9.90 Å². The highest BCUT2D eigenvalue weighted by molar-refractivity contribution is 6.12. The molecule has 0 aliphatic heterocycles. The molecule has 0 spiro atoms. The smallest absolute Gasteiger partial charge is 0.349 e. The standard InChI is InChI=1S/C18H13NO3/c19-17(13-9-5-2-6-10-13)16-14(20)11-15(22-18(16)21)12-7-3-1-4-8-12/h1-11,19-20H. The van der Waals surface area contributed by atoms with Gasteiger partial charge in [-0.3, -0.25) is 5.41 Å². The zero-order chi connectivity index (χ0) is 15.5. The van der Waals surface area contributed by atoms with Gasteiger partial charge in [0, 0.05) is 17.2 Å². The zero-order valence-corrected chi connectivity index (χ0v) is 11.6. The fourth-order valence-electron chi connectivity index (χ4n) is 2.21. The lowest BCUT2D eigenvalue weighted by Gasteiger charge is -2.07. The first kappa shape index (κ1) is 13.8. The van der Waals surface area contributed by atoms with Crippen molar-refractivity contribution in [1.29, 1.82) is 5.41 Å². The predicted molar refractivity (Wildman–Crippen MR) is 84.5 cm³/mol. The highest BCUT2D eigenvalue weighted by Crippen LogP contribution is 2.25. The summed E-state index contributed by atoms with van der Waals surface area (Å²) in [5.41, 5.74) is 0.301. The maximum absolute atomic E-state index is 12.2. The molecule has 0 amide bonds. The molecule has 0 aliphatic rings. The van der Waals surface area contributed by atoms with Crippen LogP contribution in [0.5, 0.6) is 5.75 Å². The Balaban J connectivity index is 2.08. The van der Waals surface area contributed by atoms with Crippen LogP contribution in [-0.4, -0.2) is 10.8 Å². The van der Waals surface area contributed by atoms with Crippen LogP contribution in [0.15, 0.2) is 75.9 Å². The first-order valence-electron chi connectivity index (χ1n) is 6.73. The largest absolute Gasteiger partial charge is 0.507 e. The lowest BCUT2D eigenvalue weighted by molar-refractivity contribution is 0.451. The van der Waals surface area contributed by atoms with E-state index in [4.69, 9.17) is 9.83 Å². The zero-order valence-electron chi connectivity index (χ0n) is 11.6. The summed E-state index contributed by atoms with van der Waals surface area (Å²) in [5.74, 6) is 0.0108. The molecule has 0 atom stereocenters. The van der Waals surface area contributed by atoms with Crippen molar-refractivity contribution in [2.45, 2.75) is 0 Å². The number of aromatic hydroxyl groups is 1. The molecule has 4 nitrogen and oxygen atoms in total. The summed E-state index contributed by atoms with van der Waals surface area (Å²) >= 11 is 0. The second kappa shape index (κ2) is 5.69. The minimum absolute atomic E-state index is 0.0635. The highest BCUT2D eigenvalue weighted by Gasteiger charge is 2.17. The molecule has 1 heterocycles. The Morgan fingerprint density at radius 3 is 2.14 bits per heavy atom. The van der Waals surface area contributed by atoms with Crippen LogP contribution in [0.25, 0.3) is 11.3 Å². The number of benzene rings is 2. The summed E-state index contributed by atoms with van der Waals surface area (Å²) in [7, 11) is 0. The van der Waals surface area contributed by atoms with Crippen molar-refractivity contribution in [2.75, 3.05) is 0 Å². The minimum atomic E-state index is -0.729.